The normalized spacial score (nSPS) is 22.6. The van der Waals surface area contributed by atoms with E-state index in [1.807, 2.05) is 50.2 Å². The van der Waals surface area contributed by atoms with Gasteiger partial charge in [0.05, 0.1) is 25.8 Å². The first kappa shape index (κ1) is 17.4. The molecule has 1 aliphatic rings. The minimum Gasteiger partial charge on any atom is -0.507 e. The van der Waals surface area contributed by atoms with Gasteiger partial charge in [0.25, 0.3) is 0 Å². The summed E-state index contributed by atoms with van der Waals surface area (Å²) in [4.78, 5) is 0. The van der Waals surface area contributed by atoms with Crippen LogP contribution in [0.1, 0.15) is 25.5 Å². The van der Waals surface area contributed by atoms with Gasteiger partial charge in [0.2, 0.25) is 0 Å². The van der Waals surface area contributed by atoms with Crippen molar-refractivity contribution < 1.29 is 19.3 Å². The van der Waals surface area contributed by atoms with Gasteiger partial charge in [-0.3, -0.25) is 5.43 Å². The van der Waals surface area contributed by atoms with E-state index >= 15 is 0 Å². The van der Waals surface area contributed by atoms with Gasteiger partial charge in [-0.25, -0.2) is 5.43 Å². The lowest BCUT2D eigenvalue weighted by Crippen LogP contribution is -2.33. The molecule has 0 aliphatic carbocycles. The number of hydrazine groups is 1. The third kappa shape index (κ3) is 3.81. The van der Waals surface area contributed by atoms with Gasteiger partial charge in [-0.1, -0.05) is 6.07 Å². The van der Waals surface area contributed by atoms with Crippen LogP contribution >= 0.6 is 0 Å². The molecule has 2 aromatic rings. The number of nitrogens with one attached hydrogen (secondary N) is 2. The summed E-state index contributed by atoms with van der Waals surface area (Å²) in [6, 6.07) is 12.7. The van der Waals surface area contributed by atoms with Gasteiger partial charge in [-0.05, 0) is 38.1 Å². The molecule has 0 spiro atoms. The fraction of sp³-hybridized carbons (Fsp3) is 0.368. The van der Waals surface area contributed by atoms with Crippen LogP contribution in [0.5, 0.6) is 23.0 Å². The Bertz CT molecular complexity index is 722. The third-order valence-electron chi connectivity index (χ3n) is 4.25. The van der Waals surface area contributed by atoms with E-state index in [9.17, 15) is 5.11 Å². The van der Waals surface area contributed by atoms with Crippen LogP contribution in [-0.2, 0) is 0 Å². The Morgan fingerprint density at radius 2 is 1.84 bits per heavy atom. The average Bonchev–Trinajstić information content (AvgIpc) is 2.96. The first-order valence-electron chi connectivity index (χ1n) is 8.40. The summed E-state index contributed by atoms with van der Waals surface area (Å²) in [6.45, 7) is 4.50. The van der Waals surface area contributed by atoms with Crippen LogP contribution in [0.2, 0.25) is 0 Å². The van der Waals surface area contributed by atoms with Gasteiger partial charge in [0.1, 0.15) is 29.1 Å². The highest BCUT2D eigenvalue weighted by Gasteiger charge is 2.37. The molecule has 3 unspecified atom stereocenters. The molecule has 1 aliphatic heterocycles. The Balaban J connectivity index is 1.83. The van der Waals surface area contributed by atoms with Gasteiger partial charge in [0, 0.05) is 17.7 Å². The fourth-order valence-corrected chi connectivity index (χ4v) is 2.97. The van der Waals surface area contributed by atoms with Gasteiger partial charge in [-0.15, -0.1) is 0 Å². The smallest absolute Gasteiger partial charge is 0.136 e. The number of phenolic OH excluding ortho intramolecular Hbond substituents is 1. The number of aromatic hydroxyl groups is 1. The van der Waals surface area contributed by atoms with E-state index in [-0.39, 0.29) is 23.9 Å². The zero-order valence-corrected chi connectivity index (χ0v) is 14.7. The molecule has 3 atom stereocenters. The highest BCUT2D eigenvalue weighted by Crippen LogP contribution is 2.35. The summed E-state index contributed by atoms with van der Waals surface area (Å²) in [6.07, 6.45) is -0.198. The fourth-order valence-electron chi connectivity index (χ4n) is 2.97. The van der Waals surface area contributed by atoms with Crippen molar-refractivity contribution in [3.8, 4) is 23.0 Å². The van der Waals surface area contributed by atoms with Crippen LogP contribution in [-0.4, -0.2) is 31.0 Å². The number of ether oxygens (including phenoxy) is 3. The predicted molar refractivity (Wildman–Crippen MR) is 95.2 cm³/mol. The molecule has 25 heavy (non-hydrogen) atoms. The maximum absolute atomic E-state index is 10.4. The molecule has 0 aromatic heterocycles. The quantitative estimate of drug-likeness (QED) is 0.748. The molecular formula is C19H24N2O4. The lowest BCUT2D eigenvalue weighted by molar-refractivity contribution is 0.170. The van der Waals surface area contributed by atoms with Crippen molar-refractivity contribution in [2.75, 3.05) is 13.7 Å². The van der Waals surface area contributed by atoms with Crippen LogP contribution in [0.25, 0.3) is 0 Å². The van der Waals surface area contributed by atoms with E-state index in [0.29, 0.717) is 12.4 Å². The van der Waals surface area contributed by atoms with Crippen molar-refractivity contribution in [3.63, 3.8) is 0 Å². The van der Waals surface area contributed by atoms with Crippen LogP contribution < -0.4 is 25.1 Å². The van der Waals surface area contributed by atoms with E-state index in [2.05, 4.69) is 10.9 Å². The third-order valence-corrected chi connectivity index (χ3v) is 4.25. The van der Waals surface area contributed by atoms with Crippen molar-refractivity contribution in [1.82, 2.24) is 10.9 Å². The second-order valence-corrected chi connectivity index (χ2v) is 5.97. The van der Waals surface area contributed by atoms with E-state index in [0.717, 1.165) is 17.1 Å². The maximum atomic E-state index is 10.4. The van der Waals surface area contributed by atoms with Crippen LogP contribution in [0.4, 0.5) is 0 Å². The van der Waals surface area contributed by atoms with Gasteiger partial charge in [-0.2, -0.15) is 0 Å². The Morgan fingerprint density at radius 1 is 1.04 bits per heavy atom. The number of hydrogen-bond acceptors (Lipinski definition) is 6. The first-order valence-corrected chi connectivity index (χ1v) is 8.40. The molecule has 1 saturated heterocycles. The molecule has 2 aromatic carbocycles. The summed E-state index contributed by atoms with van der Waals surface area (Å²) in [7, 11) is 1.63. The van der Waals surface area contributed by atoms with Gasteiger partial charge < -0.3 is 19.3 Å². The molecule has 1 heterocycles. The van der Waals surface area contributed by atoms with Crippen molar-refractivity contribution in [2.24, 2.45) is 0 Å². The highest BCUT2D eigenvalue weighted by atomic mass is 16.5. The Kier molecular flexibility index (Phi) is 5.31. The van der Waals surface area contributed by atoms with Crippen LogP contribution in [0, 0.1) is 0 Å². The second-order valence-electron chi connectivity index (χ2n) is 5.97. The standard InChI is InChI=1S/C19H24N2O4/c1-4-24-14-8-9-16(17(22)11-14)18-19(12(2)20-21-18)25-15-7-5-6-13(10-15)23-3/h5-12,18-22H,4H2,1-3H3. The van der Waals surface area contributed by atoms with E-state index < -0.39 is 0 Å². The summed E-state index contributed by atoms with van der Waals surface area (Å²) < 4.78 is 16.9. The van der Waals surface area contributed by atoms with E-state index in [4.69, 9.17) is 14.2 Å². The van der Waals surface area contributed by atoms with Gasteiger partial charge >= 0.3 is 0 Å². The van der Waals surface area contributed by atoms with E-state index in [1.54, 1.807) is 13.2 Å². The topological polar surface area (TPSA) is 72.0 Å². The molecular weight excluding hydrogens is 320 g/mol. The van der Waals surface area contributed by atoms with Crippen molar-refractivity contribution in [1.29, 1.82) is 0 Å². The molecule has 6 nitrogen and oxygen atoms in total. The molecule has 1 fully saturated rings. The predicted octanol–water partition coefficient (Wildman–Crippen LogP) is 2.78. The molecule has 134 valence electrons. The zero-order valence-electron chi connectivity index (χ0n) is 14.7. The molecule has 0 saturated carbocycles. The SMILES string of the molecule is CCOc1ccc(C2NNC(C)C2Oc2cccc(OC)c2)c(O)c1. The number of hydrogen-bond donors (Lipinski definition) is 3. The Hall–Kier alpha value is -2.44. The second kappa shape index (κ2) is 7.63. The van der Waals surface area contributed by atoms with Crippen molar-refractivity contribution in [3.05, 3.63) is 48.0 Å². The molecule has 0 amide bonds. The number of methoxy groups -OCH3 is 1. The van der Waals surface area contributed by atoms with Crippen LogP contribution in [0.3, 0.4) is 0 Å². The minimum absolute atomic E-state index is 0.0576. The van der Waals surface area contributed by atoms with Crippen molar-refractivity contribution >= 4 is 0 Å². The summed E-state index contributed by atoms with van der Waals surface area (Å²) in [5, 5.41) is 10.4. The molecule has 3 N–H and O–H groups in total. The summed E-state index contributed by atoms with van der Waals surface area (Å²) in [5.74, 6) is 2.29. The zero-order chi connectivity index (χ0) is 17.8. The lowest BCUT2D eigenvalue weighted by atomic mass is 9.98. The Morgan fingerprint density at radius 3 is 2.56 bits per heavy atom. The van der Waals surface area contributed by atoms with Crippen molar-refractivity contribution in [2.45, 2.75) is 32.0 Å². The molecule has 0 radical (unpaired) electrons. The lowest BCUT2D eigenvalue weighted by Gasteiger charge is -2.24. The largest absolute Gasteiger partial charge is 0.507 e. The highest BCUT2D eigenvalue weighted by molar-refractivity contribution is 5.43. The van der Waals surface area contributed by atoms with Crippen LogP contribution in [0.15, 0.2) is 42.5 Å². The minimum atomic E-state index is -0.198. The number of rotatable bonds is 6. The number of phenols is 1. The van der Waals surface area contributed by atoms with Gasteiger partial charge in [0.15, 0.2) is 0 Å². The maximum Gasteiger partial charge on any atom is 0.136 e. The Labute approximate surface area is 147 Å². The molecule has 0 bridgehead atoms. The molecule has 6 heteroatoms. The molecule has 3 rings (SSSR count). The number of benzene rings is 2. The monoisotopic (exact) mass is 344 g/mol. The van der Waals surface area contributed by atoms with E-state index in [1.165, 1.54) is 0 Å². The average molecular weight is 344 g/mol. The summed E-state index contributed by atoms with van der Waals surface area (Å²) >= 11 is 0. The first-order chi connectivity index (χ1) is 12.1. The summed E-state index contributed by atoms with van der Waals surface area (Å²) in [5.41, 5.74) is 7.15.